The topological polar surface area (TPSA) is 56.3 Å². The summed E-state index contributed by atoms with van der Waals surface area (Å²) >= 11 is 3.39. The van der Waals surface area contributed by atoms with Crippen molar-refractivity contribution >= 4 is 33.4 Å². The molecule has 0 bridgehead atoms. The van der Waals surface area contributed by atoms with Crippen molar-refractivity contribution in [3.63, 3.8) is 0 Å². The third kappa shape index (κ3) is 2.04. The number of esters is 1. The molecule has 1 atom stereocenters. The monoisotopic (exact) mass is 295 g/mol. The average molecular weight is 296 g/mol. The first-order chi connectivity index (χ1) is 8.19. The van der Waals surface area contributed by atoms with Gasteiger partial charge in [-0.15, -0.1) is 0 Å². The Kier molecular flexibility index (Phi) is 3.41. The molecule has 1 aromatic rings. The number of halogens is 1. The minimum absolute atomic E-state index is 0.340. The summed E-state index contributed by atoms with van der Waals surface area (Å²) in [4.78, 5) is 26.6. The van der Waals surface area contributed by atoms with E-state index in [2.05, 4.69) is 20.9 Å². The van der Waals surface area contributed by atoms with Crippen LogP contribution in [0.1, 0.15) is 17.5 Å². The first-order valence-electron chi connectivity index (χ1n) is 5.14. The van der Waals surface area contributed by atoms with Crippen molar-refractivity contribution in [2.75, 3.05) is 7.11 Å². The lowest BCUT2D eigenvalue weighted by Crippen LogP contribution is -2.23. The molecule has 17 heavy (non-hydrogen) atoms. The lowest BCUT2D eigenvalue weighted by Gasteiger charge is -2.23. The zero-order valence-electron chi connectivity index (χ0n) is 9.20. The second kappa shape index (κ2) is 4.82. The second-order valence-corrected chi connectivity index (χ2v) is 4.63. The first kappa shape index (κ1) is 12.0. The highest BCUT2D eigenvalue weighted by Gasteiger charge is 2.32. The van der Waals surface area contributed by atoms with Gasteiger partial charge < -0.3 is 4.74 Å². The maximum atomic E-state index is 11.6. The van der Waals surface area contributed by atoms with Crippen LogP contribution in [0.15, 0.2) is 16.9 Å². The maximum absolute atomic E-state index is 11.6. The Morgan fingerprint density at radius 1 is 1.59 bits per heavy atom. The summed E-state index contributed by atoms with van der Waals surface area (Å²) in [5.41, 5.74) is 2.03. The molecule has 4 nitrogen and oxygen atoms in total. The molecule has 88 valence electrons. The fraction of sp³-hybridized carbons (Fsp3) is 0.333. The van der Waals surface area contributed by atoms with Gasteiger partial charge in [0.15, 0.2) is 0 Å². The van der Waals surface area contributed by atoms with Gasteiger partial charge in [0.05, 0.1) is 18.6 Å². The quantitative estimate of drug-likeness (QED) is 0.585. The summed E-state index contributed by atoms with van der Waals surface area (Å²) in [5, 5.41) is 0. The molecular weight excluding hydrogens is 286 g/mol. The van der Waals surface area contributed by atoms with E-state index < -0.39 is 11.9 Å². The van der Waals surface area contributed by atoms with Crippen LogP contribution in [0.5, 0.6) is 0 Å². The van der Waals surface area contributed by atoms with Gasteiger partial charge in [0, 0.05) is 22.4 Å². The molecule has 0 amide bonds. The predicted molar refractivity (Wildman–Crippen MR) is 64.9 cm³/mol. The zero-order chi connectivity index (χ0) is 12.4. The highest BCUT2D eigenvalue weighted by molar-refractivity contribution is 9.10. The van der Waals surface area contributed by atoms with E-state index in [4.69, 9.17) is 4.74 Å². The average Bonchev–Trinajstić information content (AvgIpc) is 2.37. The molecule has 0 N–H and O–H groups in total. The van der Waals surface area contributed by atoms with Crippen molar-refractivity contribution in [2.45, 2.75) is 12.8 Å². The Labute approximate surface area is 107 Å². The molecule has 0 aromatic carbocycles. The second-order valence-electron chi connectivity index (χ2n) is 3.78. The number of fused-ring (bicyclic) bond motifs is 1. The number of carbonyl (C=O) groups is 1. The number of hydrogen-bond acceptors (Lipinski definition) is 4. The molecule has 0 aliphatic heterocycles. The molecule has 0 saturated heterocycles. The molecule has 1 heterocycles. The van der Waals surface area contributed by atoms with Gasteiger partial charge in [-0.25, -0.2) is 4.79 Å². The summed E-state index contributed by atoms with van der Waals surface area (Å²) in [6, 6.07) is 0. The van der Waals surface area contributed by atoms with Crippen molar-refractivity contribution in [3.8, 4) is 0 Å². The Hall–Kier alpha value is -1.45. The van der Waals surface area contributed by atoms with Gasteiger partial charge in [0.2, 0.25) is 0 Å². The van der Waals surface area contributed by atoms with Gasteiger partial charge in [0.25, 0.3) is 0 Å². The van der Waals surface area contributed by atoms with Crippen LogP contribution in [0.2, 0.25) is 0 Å². The number of nitrogens with zero attached hydrogens (tertiary/aromatic N) is 1. The van der Waals surface area contributed by atoms with E-state index in [1.54, 1.807) is 12.4 Å². The molecule has 1 aliphatic rings. The molecule has 1 aromatic heterocycles. The Bertz CT molecular complexity index is 520. The van der Waals surface area contributed by atoms with Gasteiger partial charge in [-0.3, -0.25) is 9.78 Å². The number of methoxy groups -OCH3 is 1. The highest BCUT2D eigenvalue weighted by atomic mass is 79.9. The van der Waals surface area contributed by atoms with E-state index in [-0.39, 0.29) is 0 Å². The van der Waals surface area contributed by atoms with Crippen molar-refractivity contribution in [2.24, 2.45) is 5.92 Å². The number of pyridine rings is 1. The van der Waals surface area contributed by atoms with Crippen LogP contribution in [0, 0.1) is 5.92 Å². The minimum Gasteiger partial charge on any atom is -0.469 e. The van der Waals surface area contributed by atoms with Gasteiger partial charge in [0.1, 0.15) is 5.94 Å². The van der Waals surface area contributed by atoms with Crippen molar-refractivity contribution in [1.82, 2.24) is 4.98 Å². The van der Waals surface area contributed by atoms with Gasteiger partial charge in [-0.1, -0.05) is 0 Å². The number of hydrogen-bond donors (Lipinski definition) is 0. The number of aromatic nitrogens is 1. The summed E-state index contributed by atoms with van der Waals surface area (Å²) < 4.78 is 5.55. The van der Waals surface area contributed by atoms with E-state index >= 15 is 0 Å². The lowest BCUT2D eigenvalue weighted by molar-refractivity contribution is -0.143. The van der Waals surface area contributed by atoms with Crippen molar-refractivity contribution in [3.05, 3.63) is 28.0 Å². The smallest absolute Gasteiger partial charge is 0.313 e. The summed E-state index contributed by atoms with van der Waals surface area (Å²) in [6.45, 7) is 0. The van der Waals surface area contributed by atoms with Gasteiger partial charge in [-0.05, 0) is 34.3 Å². The third-order valence-corrected chi connectivity index (χ3v) is 3.61. The molecule has 0 radical (unpaired) electrons. The molecule has 5 heteroatoms. The Morgan fingerprint density at radius 3 is 3.00 bits per heavy atom. The minimum atomic E-state index is -0.527. The molecule has 1 unspecified atom stereocenters. The summed E-state index contributed by atoms with van der Waals surface area (Å²) in [6.07, 6.45) is 4.55. The van der Waals surface area contributed by atoms with Crippen LogP contribution in [0.3, 0.4) is 0 Å². The molecule has 2 rings (SSSR count). The van der Waals surface area contributed by atoms with Crippen LogP contribution in [-0.2, 0) is 20.7 Å². The van der Waals surface area contributed by atoms with Crippen LogP contribution in [0.25, 0.3) is 5.57 Å². The van der Waals surface area contributed by atoms with E-state index in [9.17, 15) is 9.59 Å². The third-order valence-electron chi connectivity index (χ3n) is 2.92. The number of rotatable bonds is 1. The first-order valence-corrected chi connectivity index (χ1v) is 5.94. The highest BCUT2D eigenvalue weighted by Crippen LogP contribution is 2.36. The molecule has 0 spiro atoms. The fourth-order valence-corrected chi connectivity index (χ4v) is 2.60. The van der Waals surface area contributed by atoms with Crippen LogP contribution in [-0.4, -0.2) is 24.0 Å². The number of carbonyl (C=O) groups excluding carboxylic acids is 2. The van der Waals surface area contributed by atoms with Gasteiger partial charge >= 0.3 is 5.97 Å². The van der Waals surface area contributed by atoms with Crippen LogP contribution in [0.4, 0.5) is 0 Å². The Morgan fingerprint density at radius 2 is 2.35 bits per heavy atom. The van der Waals surface area contributed by atoms with Crippen molar-refractivity contribution in [1.29, 1.82) is 0 Å². The van der Waals surface area contributed by atoms with Gasteiger partial charge in [-0.2, -0.15) is 0 Å². The zero-order valence-corrected chi connectivity index (χ0v) is 10.8. The van der Waals surface area contributed by atoms with Crippen LogP contribution >= 0.6 is 15.9 Å². The van der Waals surface area contributed by atoms with E-state index in [0.29, 0.717) is 24.0 Å². The predicted octanol–water partition coefficient (Wildman–Crippen LogP) is 1.79. The SMILES string of the molecule is COC(=O)C1CCc2c(Br)cncc2C1=C=O. The fourth-order valence-electron chi connectivity index (χ4n) is 2.07. The molecule has 1 aliphatic carbocycles. The molecule has 0 fully saturated rings. The van der Waals surface area contributed by atoms with Crippen LogP contribution < -0.4 is 0 Å². The summed E-state index contributed by atoms with van der Waals surface area (Å²) in [7, 11) is 1.32. The maximum Gasteiger partial charge on any atom is 0.313 e. The lowest BCUT2D eigenvalue weighted by atomic mass is 9.81. The number of ether oxygens (including phenoxy) is 1. The van der Waals surface area contributed by atoms with E-state index in [1.807, 2.05) is 5.94 Å². The largest absolute Gasteiger partial charge is 0.469 e. The van der Waals surface area contributed by atoms with Crippen molar-refractivity contribution < 1.29 is 14.3 Å². The molecular formula is C12H10BrNO3. The standard InChI is InChI=1S/C12H10BrNO3/c1-17-12(16)8-3-2-7-9(10(8)6-15)4-14-5-11(7)13/h4-5,8H,2-3H2,1H3. The summed E-state index contributed by atoms with van der Waals surface area (Å²) in [5.74, 6) is 0.936. The normalized spacial score (nSPS) is 18.2. The van der Waals surface area contributed by atoms with E-state index in [0.717, 1.165) is 10.0 Å². The van der Waals surface area contributed by atoms with E-state index in [1.165, 1.54) is 7.11 Å². The Balaban J connectivity index is 2.52. The molecule has 0 saturated carbocycles.